The second kappa shape index (κ2) is 6.38. The largest absolute Gasteiger partial charge is 0.422 e. The van der Waals surface area contributed by atoms with Crippen molar-refractivity contribution >= 4 is 17.4 Å². The molecule has 0 bridgehead atoms. The molecule has 1 atom stereocenters. The maximum Gasteiger partial charge on any atom is 0.259 e. The number of halogens is 1. The third-order valence-electron chi connectivity index (χ3n) is 2.55. The first-order chi connectivity index (χ1) is 9.56. The van der Waals surface area contributed by atoms with Gasteiger partial charge >= 0.3 is 0 Å². The van der Waals surface area contributed by atoms with E-state index < -0.39 is 6.10 Å². The van der Waals surface area contributed by atoms with Gasteiger partial charge in [0.25, 0.3) is 5.89 Å². The maximum absolute atomic E-state index is 6.05. The first-order valence-corrected chi connectivity index (χ1v) is 6.45. The standard InChI is InChI=1S/C13H15ClN4O2/c1-8(13-17-16-9(2)19-13)20-18-12(15)7-10-5-3-4-6-11(10)14/h3-6,8H,7H2,1-2H3,(H2,15,18)/t8-/m1/s1. The third-order valence-corrected chi connectivity index (χ3v) is 2.92. The van der Waals surface area contributed by atoms with E-state index in [2.05, 4.69) is 15.4 Å². The fourth-order valence-electron chi connectivity index (χ4n) is 1.54. The van der Waals surface area contributed by atoms with Gasteiger partial charge in [0.1, 0.15) is 5.84 Å². The van der Waals surface area contributed by atoms with E-state index in [0.717, 1.165) is 5.56 Å². The number of aromatic nitrogens is 2. The molecule has 0 saturated carbocycles. The Labute approximate surface area is 121 Å². The predicted octanol–water partition coefficient (Wildman–Crippen LogP) is 2.62. The van der Waals surface area contributed by atoms with Crippen molar-refractivity contribution in [2.45, 2.75) is 26.4 Å². The molecule has 1 aromatic heterocycles. The van der Waals surface area contributed by atoms with Gasteiger partial charge in [-0.25, -0.2) is 0 Å². The number of amidine groups is 1. The van der Waals surface area contributed by atoms with Gasteiger partial charge in [-0.3, -0.25) is 0 Å². The van der Waals surface area contributed by atoms with Crippen molar-refractivity contribution in [1.82, 2.24) is 10.2 Å². The van der Waals surface area contributed by atoms with Crippen molar-refractivity contribution in [3.8, 4) is 0 Å². The molecule has 6 nitrogen and oxygen atoms in total. The number of oxime groups is 1. The molecule has 0 saturated heterocycles. The van der Waals surface area contributed by atoms with Gasteiger partial charge in [0.05, 0.1) is 0 Å². The van der Waals surface area contributed by atoms with Crippen molar-refractivity contribution < 1.29 is 9.25 Å². The van der Waals surface area contributed by atoms with Crippen LogP contribution in [0.5, 0.6) is 0 Å². The number of aryl methyl sites for hydroxylation is 1. The highest BCUT2D eigenvalue weighted by Crippen LogP contribution is 2.17. The summed E-state index contributed by atoms with van der Waals surface area (Å²) in [6.07, 6.45) is -0.0455. The van der Waals surface area contributed by atoms with Crippen LogP contribution in [0.4, 0.5) is 0 Å². The SMILES string of the molecule is Cc1nnc([C@@H](C)O/N=C(\N)Cc2ccccc2Cl)o1. The maximum atomic E-state index is 6.05. The smallest absolute Gasteiger partial charge is 0.259 e. The Kier molecular flexibility index (Phi) is 4.57. The highest BCUT2D eigenvalue weighted by atomic mass is 35.5. The van der Waals surface area contributed by atoms with Gasteiger partial charge in [0.2, 0.25) is 12.0 Å². The Morgan fingerprint density at radius 1 is 1.45 bits per heavy atom. The molecule has 2 rings (SSSR count). The number of benzene rings is 1. The highest BCUT2D eigenvalue weighted by Gasteiger charge is 2.14. The summed E-state index contributed by atoms with van der Waals surface area (Å²) in [6.45, 7) is 3.46. The van der Waals surface area contributed by atoms with E-state index in [4.69, 9.17) is 26.6 Å². The number of hydrogen-bond donors (Lipinski definition) is 1. The van der Waals surface area contributed by atoms with Crippen molar-refractivity contribution in [2.75, 3.05) is 0 Å². The average Bonchev–Trinajstić information content (AvgIpc) is 2.85. The predicted molar refractivity (Wildman–Crippen MR) is 75.3 cm³/mol. The molecule has 2 aromatic rings. The molecule has 0 amide bonds. The van der Waals surface area contributed by atoms with E-state index in [1.54, 1.807) is 19.9 Å². The fraction of sp³-hybridized carbons (Fsp3) is 0.308. The van der Waals surface area contributed by atoms with Gasteiger partial charge in [-0.2, -0.15) is 0 Å². The summed E-state index contributed by atoms with van der Waals surface area (Å²) in [5.41, 5.74) is 6.70. The summed E-state index contributed by atoms with van der Waals surface area (Å²) in [4.78, 5) is 5.24. The number of nitrogens with zero attached hydrogens (tertiary/aromatic N) is 3. The lowest BCUT2D eigenvalue weighted by Gasteiger charge is -2.07. The van der Waals surface area contributed by atoms with E-state index in [9.17, 15) is 0 Å². The zero-order valence-corrected chi connectivity index (χ0v) is 12.0. The van der Waals surface area contributed by atoms with Crippen LogP contribution < -0.4 is 5.73 Å². The van der Waals surface area contributed by atoms with Crippen LogP contribution >= 0.6 is 11.6 Å². The van der Waals surface area contributed by atoms with Gasteiger partial charge in [-0.1, -0.05) is 35.0 Å². The van der Waals surface area contributed by atoms with Crippen LogP contribution in [0.15, 0.2) is 33.8 Å². The molecule has 0 aliphatic carbocycles. The quantitative estimate of drug-likeness (QED) is 0.520. The average molecular weight is 295 g/mol. The molecule has 0 fully saturated rings. The number of nitrogens with two attached hydrogens (primary N) is 1. The van der Waals surface area contributed by atoms with Gasteiger partial charge in [0, 0.05) is 18.4 Å². The summed E-state index contributed by atoms with van der Waals surface area (Å²) in [7, 11) is 0. The molecule has 0 spiro atoms. The zero-order chi connectivity index (χ0) is 14.5. The zero-order valence-electron chi connectivity index (χ0n) is 11.2. The van der Waals surface area contributed by atoms with E-state index in [1.165, 1.54) is 0 Å². The topological polar surface area (TPSA) is 86.5 Å². The highest BCUT2D eigenvalue weighted by molar-refractivity contribution is 6.31. The lowest BCUT2D eigenvalue weighted by Crippen LogP contribution is -2.16. The molecule has 0 unspecified atom stereocenters. The van der Waals surface area contributed by atoms with E-state index in [1.807, 2.05) is 18.2 Å². The van der Waals surface area contributed by atoms with Crippen LogP contribution in [0.1, 0.15) is 30.4 Å². The van der Waals surface area contributed by atoms with Crippen LogP contribution in [0, 0.1) is 6.92 Å². The Balaban J connectivity index is 1.96. The molecule has 106 valence electrons. The molecule has 1 heterocycles. The molecule has 2 N–H and O–H groups in total. The van der Waals surface area contributed by atoms with Crippen LogP contribution in [-0.2, 0) is 11.3 Å². The van der Waals surface area contributed by atoms with E-state index in [-0.39, 0.29) is 0 Å². The van der Waals surface area contributed by atoms with Gasteiger partial charge < -0.3 is 15.0 Å². The summed E-state index contributed by atoms with van der Waals surface area (Å²) in [6, 6.07) is 7.43. The minimum atomic E-state index is -0.457. The van der Waals surface area contributed by atoms with Crippen LogP contribution in [-0.4, -0.2) is 16.0 Å². The Bertz CT molecular complexity index is 612. The first kappa shape index (κ1) is 14.3. The first-order valence-electron chi connectivity index (χ1n) is 6.08. The number of hydrogen-bond acceptors (Lipinski definition) is 5. The number of rotatable bonds is 5. The molecule has 0 aliphatic rings. The van der Waals surface area contributed by atoms with Crippen LogP contribution in [0.2, 0.25) is 5.02 Å². The van der Waals surface area contributed by atoms with E-state index in [0.29, 0.717) is 29.1 Å². The molecule has 0 aliphatic heterocycles. The summed E-state index contributed by atoms with van der Waals surface area (Å²) < 4.78 is 5.24. The minimum Gasteiger partial charge on any atom is -0.422 e. The Hall–Kier alpha value is -2.08. The van der Waals surface area contributed by atoms with Crippen molar-refractivity contribution in [2.24, 2.45) is 10.9 Å². The second-order valence-corrected chi connectivity index (χ2v) is 4.66. The molecule has 20 heavy (non-hydrogen) atoms. The van der Waals surface area contributed by atoms with Crippen molar-refractivity contribution in [3.63, 3.8) is 0 Å². The second-order valence-electron chi connectivity index (χ2n) is 4.26. The summed E-state index contributed by atoms with van der Waals surface area (Å²) in [5, 5.41) is 12.1. The van der Waals surface area contributed by atoms with Gasteiger partial charge in [-0.15, -0.1) is 10.2 Å². The third kappa shape index (κ3) is 3.71. The fourth-order valence-corrected chi connectivity index (χ4v) is 1.74. The molecule has 7 heteroatoms. The van der Waals surface area contributed by atoms with Crippen molar-refractivity contribution in [1.29, 1.82) is 0 Å². The Morgan fingerprint density at radius 3 is 2.85 bits per heavy atom. The van der Waals surface area contributed by atoms with Crippen LogP contribution in [0.25, 0.3) is 0 Å². The Morgan fingerprint density at radius 2 is 2.20 bits per heavy atom. The van der Waals surface area contributed by atoms with Crippen molar-refractivity contribution in [3.05, 3.63) is 46.6 Å². The van der Waals surface area contributed by atoms with E-state index >= 15 is 0 Å². The van der Waals surface area contributed by atoms with Gasteiger partial charge in [0.15, 0.2) is 0 Å². The normalized spacial score (nSPS) is 13.2. The molecular weight excluding hydrogens is 280 g/mol. The van der Waals surface area contributed by atoms with Crippen LogP contribution in [0.3, 0.4) is 0 Å². The molecular formula is C13H15ClN4O2. The lowest BCUT2D eigenvalue weighted by molar-refractivity contribution is 0.0512. The molecule has 0 radical (unpaired) electrons. The summed E-state index contributed by atoms with van der Waals surface area (Å²) in [5.74, 6) is 1.15. The van der Waals surface area contributed by atoms with Gasteiger partial charge in [-0.05, 0) is 18.6 Å². The lowest BCUT2D eigenvalue weighted by atomic mass is 10.1. The monoisotopic (exact) mass is 294 g/mol. The molecule has 1 aromatic carbocycles. The summed E-state index contributed by atoms with van der Waals surface area (Å²) >= 11 is 6.05. The minimum absolute atomic E-state index is 0.321.